The van der Waals surface area contributed by atoms with Crippen molar-refractivity contribution in [3.63, 3.8) is 0 Å². The van der Waals surface area contributed by atoms with Gasteiger partial charge in [0.2, 0.25) is 0 Å². The van der Waals surface area contributed by atoms with Crippen molar-refractivity contribution in [2.45, 2.75) is 33.6 Å². The van der Waals surface area contributed by atoms with E-state index in [1.165, 1.54) is 19.0 Å². The van der Waals surface area contributed by atoms with Gasteiger partial charge >= 0.3 is 6.09 Å². The highest BCUT2D eigenvalue weighted by molar-refractivity contribution is 5.65. The smallest absolute Gasteiger partial charge is 0.411 e. The van der Waals surface area contributed by atoms with Gasteiger partial charge in [0.1, 0.15) is 0 Å². The number of amides is 1. The van der Waals surface area contributed by atoms with Gasteiger partial charge < -0.3 is 5.11 Å². The average Bonchev–Trinajstić information content (AvgIpc) is 2.07. The van der Waals surface area contributed by atoms with E-state index in [1.54, 1.807) is 6.92 Å². The van der Waals surface area contributed by atoms with E-state index in [1.807, 2.05) is 0 Å². The maximum Gasteiger partial charge on any atom is 0.411 e. The minimum absolute atomic E-state index is 0.457. The van der Waals surface area contributed by atoms with Crippen molar-refractivity contribution in [1.29, 1.82) is 0 Å². The predicted molar refractivity (Wildman–Crippen MR) is 51.2 cm³/mol. The van der Waals surface area contributed by atoms with Crippen LogP contribution in [0.2, 0.25) is 0 Å². The highest BCUT2D eigenvalue weighted by Gasteiger charge is 2.00. The number of hydrogen-bond donors (Lipinski definition) is 1. The second-order valence-electron chi connectivity index (χ2n) is 2.25. The normalized spacial score (nSPS) is 7.92. The van der Waals surface area contributed by atoms with E-state index in [0.29, 0.717) is 6.54 Å². The lowest BCUT2D eigenvalue weighted by molar-refractivity contribution is 0.165. The molecule has 0 radical (unpaired) electrons. The Morgan fingerprint density at radius 2 is 1.83 bits per heavy atom. The van der Waals surface area contributed by atoms with Crippen LogP contribution in [0.4, 0.5) is 4.79 Å². The lowest BCUT2D eigenvalue weighted by Crippen LogP contribution is -2.22. The molecule has 0 aromatic carbocycles. The Morgan fingerprint density at radius 3 is 1.83 bits per heavy atom. The van der Waals surface area contributed by atoms with Gasteiger partial charge in [-0.25, -0.2) is 4.79 Å². The van der Waals surface area contributed by atoms with Crippen LogP contribution in [0.15, 0.2) is 12.8 Å². The molecule has 0 rings (SSSR count). The fourth-order valence-electron chi connectivity index (χ4n) is 0.342. The highest BCUT2D eigenvalue weighted by atomic mass is 16.4. The summed E-state index contributed by atoms with van der Waals surface area (Å²) in [6.45, 7) is 9.86. The lowest BCUT2D eigenvalue weighted by atomic mass is 10.4. The Kier molecular flexibility index (Phi) is 11.3. The molecule has 0 aliphatic rings. The number of unbranched alkanes of at least 4 members (excludes halogenated alkanes) is 1. The van der Waals surface area contributed by atoms with Crippen LogP contribution < -0.4 is 0 Å². The van der Waals surface area contributed by atoms with Gasteiger partial charge in [0, 0.05) is 12.7 Å². The fourth-order valence-corrected chi connectivity index (χ4v) is 0.342. The number of nitrogens with zero attached hydrogens (tertiary/aromatic N) is 1. The summed E-state index contributed by atoms with van der Waals surface area (Å²) in [5.74, 6) is 0. The summed E-state index contributed by atoms with van der Waals surface area (Å²) in [4.78, 5) is 11.1. The van der Waals surface area contributed by atoms with Crippen LogP contribution in [0.25, 0.3) is 0 Å². The topological polar surface area (TPSA) is 40.5 Å². The van der Waals surface area contributed by atoms with E-state index in [9.17, 15) is 4.79 Å². The van der Waals surface area contributed by atoms with Gasteiger partial charge in [-0.3, -0.25) is 4.90 Å². The summed E-state index contributed by atoms with van der Waals surface area (Å²) >= 11 is 0. The number of rotatable bonds is 3. The fraction of sp³-hybridized carbons (Fsp3) is 0.667. The lowest BCUT2D eigenvalue weighted by Gasteiger charge is -2.08. The Bertz CT molecular complexity index is 122. The molecule has 3 heteroatoms. The summed E-state index contributed by atoms with van der Waals surface area (Å²) < 4.78 is 0. The van der Waals surface area contributed by atoms with Crippen molar-refractivity contribution < 1.29 is 9.90 Å². The van der Waals surface area contributed by atoms with E-state index in [2.05, 4.69) is 20.4 Å². The zero-order valence-corrected chi connectivity index (χ0v) is 8.21. The largest absolute Gasteiger partial charge is 0.465 e. The summed E-state index contributed by atoms with van der Waals surface area (Å²) in [6, 6.07) is 0. The van der Waals surface area contributed by atoms with Gasteiger partial charge in [0.25, 0.3) is 0 Å². The highest BCUT2D eigenvalue weighted by Crippen LogP contribution is 1.85. The minimum Gasteiger partial charge on any atom is -0.465 e. The van der Waals surface area contributed by atoms with Crippen LogP contribution >= 0.6 is 0 Å². The number of carbonyl (C=O) groups is 1. The molecule has 72 valence electrons. The second-order valence-corrected chi connectivity index (χ2v) is 2.25. The summed E-state index contributed by atoms with van der Waals surface area (Å²) in [5.41, 5.74) is 0. The first-order valence-electron chi connectivity index (χ1n) is 4.26. The van der Waals surface area contributed by atoms with Crippen molar-refractivity contribution in [1.82, 2.24) is 4.90 Å². The maximum atomic E-state index is 10.0. The first-order valence-corrected chi connectivity index (χ1v) is 4.26. The third-order valence-corrected chi connectivity index (χ3v) is 1.31. The molecule has 0 saturated heterocycles. The Morgan fingerprint density at radius 1 is 1.42 bits per heavy atom. The van der Waals surface area contributed by atoms with Crippen molar-refractivity contribution >= 4 is 6.09 Å². The molecule has 0 spiro atoms. The molecular weight excluding hydrogens is 154 g/mol. The maximum absolute atomic E-state index is 10.0. The van der Waals surface area contributed by atoms with E-state index in [0.717, 1.165) is 4.90 Å². The van der Waals surface area contributed by atoms with Gasteiger partial charge in [-0.1, -0.05) is 33.3 Å². The van der Waals surface area contributed by atoms with Crippen molar-refractivity contribution in [2.24, 2.45) is 0 Å². The number of carboxylic acid groups (broad SMARTS) is 1. The summed E-state index contributed by atoms with van der Waals surface area (Å²) in [6.07, 6.45) is 2.96. The molecule has 0 aliphatic carbocycles. The van der Waals surface area contributed by atoms with E-state index in [-0.39, 0.29) is 0 Å². The summed E-state index contributed by atoms with van der Waals surface area (Å²) in [5, 5.41) is 8.23. The van der Waals surface area contributed by atoms with Crippen molar-refractivity contribution in [3.8, 4) is 0 Å². The Balaban J connectivity index is 0. The quantitative estimate of drug-likeness (QED) is 0.712. The van der Waals surface area contributed by atoms with E-state index in [4.69, 9.17) is 5.11 Å². The zero-order chi connectivity index (χ0) is 9.98. The molecule has 1 N–H and O–H groups in total. The monoisotopic (exact) mass is 173 g/mol. The van der Waals surface area contributed by atoms with Crippen LogP contribution in [0.1, 0.15) is 33.6 Å². The third kappa shape index (κ3) is 9.01. The predicted octanol–water partition coefficient (Wildman–Crippen LogP) is 2.94. The van der Waals surface area contributed by atoms with E-state index < -0.39 is 6.09 Å². The van der Waals surface area contributed by atoms with Gasteiger partial charge in [-0.2, -0.15) is 0 Å². The Labute approximate surface area is 74.7 Å². The average molecular weight is 173 g/mol. The molecule has 0 aromatic rings. The van der Waals surface area contributed by atoms with Gasteiger partial charge in [0.15, 0.2) is 0 Å². The molecule has 0 bridgehead atoms. The van der Waals surface area contributed by atoms with Gasteiger partial charge in [-0.05, 0) is 6.92 Å². The molecule has 3 nitrogen and oxygen atoms in total. The molecule has 0 atom stereocenters. The molecule has 0 saturated carbocycles. The van der Waals surface area contributed by atoms with Gasteiger partial charge in [0.05, 0.1) is 0 Å². The first kappa shape index (κ1) is 13.6. The second kappa shape index (κ2) is 10.0. The number of hydrogen-bond acceptors (Lipinski definition) is 1. The Hall–Kier alpha value is -0.990. The standard InChI is InChI=1S/C5H9NO2.C4H10/c1-3-6(4-2)5(7)8;1-3-4-2/h3H,1,4H2,2H3,(H,7,8);3-4H2,1-2H3. The van der Waals surface area contributed by atoms with E-state index >= 15 is 0 Å². The zero-order valence-electron chi connectivity index (χ0n) is 8.21. The molecule has 12 heavy (non-hydrogen) atoms. The first-order chi connectivity index (χ1) is 5.63. The van der Waals surface area contributed by atoms with Crippen LogP contribution in [-0.4, -0.2) is 22.6 Å². The molecule has 0 aliphatic heterocycles. The third-order valence-electron chi connectivity index (χ3n) is 1.31. The van der Waals surface area contributed by atoms with Crippen LogP contribution in [0, 0.1) is 0 Å². The molecule has 0 fully saturated rings. The van der Waals surface area contributed by atoms with Crippen LogP contribution in [0.3, 0.4) is 0 Å². The minimum atomic E-state index is -0.956. The van der Waals surface area contributed by atoms with Crippen LogP contribution in [0.5, 0.6) is 0 Å². The SMILES string of the molecule is C=CN(CC)C(=O)O.CCCC. The summed E-state index contributed by atoms with van der Waals surface area (Å²) in [7, 11) is 0. The van der Waals surface area contributed by atoms with Crippen molar-refractivity contribution in [2.75, 3.05) is 6.54 Å². The molecule has 0 aromatic heterocycles. The van der Waals surface area contributed by atoms with Gasteiger partial charge in [-0.15, -0.1) is 0 Å². The molecule has 0 unspecified atom stereocenters. The van der Waals surface area contributed by atoms with Crippen molar-refractivity contribution in [3.05, 3.63) is 12.8 Å². The van der Waals surface area contributed by atoms with Crippen LogP contribution in [-0.2, 0) is 0 Å². The molecule has 0 heterocycles. The molecule has 1 amide bonds. The molecular formula is C9H19NO2.